The molecule has 0 spiro atoms. The van der Waals surface area contributed by atoms with Crippen LogP contribution < -0.4 is 0 Å². The molecule has 0 aliphatic carbocycles. The molecule has 18 heavy (non-hydrogen) atoms. The van der Waals surface area contributed by atoms with E-state index in [0.717, 1.165) is 12.8 Å². The molecule has 0 N–H and O–H groups in total. The zero-order chi connectivity index (χ0) is 13.5. The van der Waals surface area contributed by atoms with E-state index >= 15 is 0 Å². The molecule has 0 unspecified atom stereocenters. The summed E-state index contributed by atoms with van der Waals surface area (Å²) in [7, 11) is 0. The average molecular weight is 309 g/mol. The van der Waals surface area contributed by atoms with Crippen LogP contribution >= 0.6 is 34.8 Å². The number of nitrogens with zero attached hydrogens (tertiary/aromatic N) is 1. The summed E-state index contributed by atoms with van der Waals surface area (Å²) in [6, 6.07) is 5.05. The Hall–Kier alpha value is -0.440. The summed E-state index contributed by atoms with van der Waals surface area (Å²) in [5.74, 6) is 0.247. The summed E-state index contributed by atoms with van der Waals surface area (Å²) in [6.07, 6.45) is 1.95. The summed E-state index contributed by atoms with van der Waals surface area (Å²) in [6.45, 7) is 3.25. The lowest BCUT2D eigenvalue weighted by atomic mass is 10.2. The minimum atomic E-state index is -0.153. The number of carbonyl (C=O) groups excluding carboxylic acids is 1. The zero-order valence-corrected chi connectivity index (χ0v) is 12.5. The van der Waals surface area contributed by atoms with Gasteiger partial charge in [0.1, 0.15) is 0 Å². The Morgan fingerprint density at radius 3 is 2.33 bits per heavy atom. The third-order valence-corrected chi connectivity index (χ3v) is 3.40. The van der Waals surface area contributed by atoms with Gasteiger partial charge in [0.05, 0.1) is 15.6 Å². The lowest BCUT2D eigenvalue weighted by molar-refractivity contribution is 0.0764. The van der Waals surface area contributed by atoms with Gasteiger partial charge in [0.25, 0.3) is 5.91 Å². The summed E-state index contributed by atoms with van der Waals surface area (Å²) < 4.78 is 0. The van der Waals surface area contributed by atoms with E-state index in [4.69, 9.17) is 34.8 Å². The van der Waals surface area contributed by atoms with Crippen LogP contribution in [-0.2, 0) is 0 Å². The van der Waals surface area contributed by atoms with Crippen molar-refractivity contribution >= 4 is 40.7 Å². The van der Waals surface area contributed by atoms with Crippen LogP contribution in [0.3, 0.4) is 0 Å². The van der Waals surface area contributed by atoms with Gasteiger partial charge in [0.15, 0.2) is 0 Å². The van der Waals surface area contributed by atoms with Crippen molar-refractivity contribution in [3.05, 3.63) is 33.8 Å². The normalized spacial score (nSPS) is 10.4. The minimum Gasteiger partial charge on any atom is -0.337 e. The molecule has 0 heterocycles. The van der Waals surface area contributed by atoms with Crippen molar-refractivity contribution in [3.8, 4) is 0 Å². The fraction of sp³-hybridized carbons (Fsp3) is 0.462. The topological polar surface area (TPSA) is 20.3 Å². The number of hydrogen-bond donors (Lipinski definition) is 0. The van der Waals surface area contributed by atoms with Crippen LogP contribution in [0.4, 0.5) is 0 Å². The molecule has 0 aromatic heterocycles. The zero-order valence-electron chi connectivity index (χ0n) is 10.3. The number of halogens is 3. The van der Waals surface area contributed by atoms with E-state index in [0.29, 0.717) is 34.6 Å². The maximum atomic E-state index is 12.4. The van der Waals surface area contributed by atoms with E-state index in [1.54, 1.807) is 23.1 Å². The number of unbranched alkanes of at least 4 members (excludes halogenated alkanes) is 1. The van der Waals surface area contributed by atoms with Gasteiger partial charge in [-0.25, -0.2) is 0 Å². The third-order valence-electron chi connectivity index (χ3n) is 2.60. The van der Waals surface area contributed by atoms with Crippen LogP contribution in [0.1, 0.15) is 30.1 Å². The molecule has 1 amide bonds. The third kappa shape index (κ3) is 4.04. The van der Waals surface area contributed by atoms with Crippen LogP contribution in [0.5, 0.6) is 0 Å². The van der Waals surface area contributed by atoms with Gasteiger partial charge in [-0.15, -0.1) is 11.6 Å². The van der Waals surface area contributed by atoms with E-state index in [1.807, 2.05) is 0 Å². The maximum Gasteiger partial charge on any atom is 0.256 e. The van der Waals surface area contributed by atoms with Gasteiger partial charge in [0, 0.05) is 19.0 Å². The summed E-state index contributed by atoms with van der Waals surface area (Å²) in [4.78, 5) is 14.1. The molecule has 2 nitrogen and oxygen atoms in total. The number of amides is 1. The van der Waals surface area contributed by atoms with Crippen molar-refractivity contribution < 1.29 is 4.79 Å². The molecular formula is C13H16Cl3NO. The molecule has 1 aromatic carbocycles. The minimum absolute atomic E-state index is 0.153. The highest BCUT2D eigenvalue weighted by Crippen LogP contribution is 2.25. The van der Waals surface area contributed by atoms with Crippen molar-refractivity contribution in [1.29, 1.82) is 0 Å². The van der Waals surface area contributed by atoms with E-state index in [2.05, 4.69) is 6.92 Å². The van der Waals surface area contributed by atoms with Crippen molar-refractivity contribution in [3.63, 3.8) is 0 Å². The summed E-state index contributed by atoms with van der Waals surface area (Å²) in [5.41, 5.74) is 0.363. The number of alkyl halides is 1. The maximum absolute atomic E-state index is 12.4. The second kappa shape index (κ2) is 7.88. The molecule has 0 saturated heterocycles. The predicted octanol–water partition coefficient (Wildman–Crippen LogP) is 4.47. The molecule has 0 radical (unpaired) electrons. The molecule has 0 saturated carbocycles. The fourth-order valence-electron chi connectivity index (χ4n) is 1.63. The first-order chi connectivity index (χ1) is 8.61. The van der Waals surface area contributed by atoms with Crippen LogP contribution in [0.2, 0.25) is 10.0 Å². The molecular weight excluding hydrogens is 293 g/mol. The number of hydrogen-bond acceptors (Lipinski definition) is 1. The summed E-state index contributed by atoms with van der Waals surface area (Å²) in [5, 5.41) is 0.757. The lowest BCUT2D eigenvalue weighted by Crippen LogP contribution is -2.34. The first-order valence-electron chi connectivity index (χ1n) is 5.91. The Morgan fingerprint density at radius 1 is 1.22 bits per heavy atom. The van der Waals surface area contributed by atoms with Crippen LogP contribution in [-0.4, -0.2) is 29.8 Å². The van der Waals surface area contributed by atoms with E-state index in [-0.39, 0.29) is 5.91 Å². The SMILES string of the molecule is CCCCN(CCCl)C(=O)c1c(Cl)cccc1Cl. The van der Waals surface area contributed by atoms with Gasteiger partial charge in [-0.3, -0.25) is 4.79 Å². The van der Waals surface area contributed by atoms with Crippen LogP contribution in [0.25, 0.3) is 0 Å². The molecule has 0 aliphatic rings. The van der Waals surface area contributed by atoms with Gasteiger partial charge in [-0.2, -0.15) is 0 Å². The van der Waals surface area contributed by atoms with Gasteiger partial charge >= 0.3 is 0 Å². The highest BCUT2D eigenvalue weighted by molar-refractivity contribution is 6.39. The average Bonchev–Trinajstić information content (AvgIpc) is 2.34. The molecule has 0 fully saturated rings. The largest absolute Gasteiger partial charge is 0.337 e. The van der Waals surface area contributed by atoms with Crippen molar-refractivity contribution in [1.82, 2.24) is 4.90 Å². The fourth-order valence-corrected chi connectivity index (χ4v) is 2.39. The van der Waals surface area contributed by atoms with Crippen molar-refractivity contribution in [2.75, 3.05) is 19.0 Å². The van der Waals surface area contributed by atoms with Gasteiger partial charge in [-0.05, 0) is 18.6 Å². The van der Waals surface area contributed by atoms with E-state index in [9.17, 15) is 4.79 Å². The standard InChI is InChI=1S/C13H16Cl3NO/c1-2-3-8-17(9-7-14)13(18)12-10(15)5-4-6-11(12)16/h4-6H,2-3,7-9H2,1H3. The Kier molecular flexibility index (Phi) is 6.83. The molecule has 5 heteroatoms. The first kappa shape index (κ1) is 15.6. The molecule has 1 rings (SSSR count). The molecule has 0 bridgehead atoms. The van der Waals surface area contributed by atoms with E-state index in [1.165, 1.54) is 0 Å². The number of benzene rings is 1. The van der Waals surface area contributed by atoms with Gasteiger partial charge in [0.2, 0.25) is 0 Å². The van der Waals surface area contributed by atoms with E-state index < -0.39 is 0 Å². The highest BCUT2D eigenvalue weighted by atomic mass is 35.5. The number of carbonyl (C=O) groups is 1. The van der Waals surface area contributed by atoms with Crippen LogP contribution in [0, 0.1) is 0 Å². The van der Waals surface area contributed by atoms with Gasteiger partial charge in [-0.1, -0.05) is 42.6 Å². The molecule has 100 valence electrons. The quantitative estimate of drug-likeness (QED) is 0.710. The summed E-state index contributed by atoms with van der Waals surface area (Å²) >= 11 is 17.8. The second-order valence-corrected chi connectivity index (χ2v) is 5.12. The Labute approximate surface area is 123 Å². The molecule has 1 aromatic rings. The first-order valence-corrected chi connectivity index (χ1v) is 7.20. The van der Waals surface area contributed by atoms with Crippen LogP contribution in [0.15, 0.2) is 18.2 Å². The molecule has 0 atom stereocenters. The Morgan fingerprint density at radius 2 is 1.83 bits per heavy atom. The highest BCUT2D eigenvalue weighted by Gasteiger charge is 2.20. The second-order valence-electron chi connectivity index (χ2n) is 3.93. The van der Waals surface area contributed by atoms with Gasteiger partial charge < -0.3 is 4.90 Å². The van der Waals surface area contributed by atoms with Crippen molar-refractivity contribution in [2.24, 2.45) is 0 Å². The smallest absolute Gasteiger partial charge is 0.256 e. The molecule has 0 aliphatic heterocycles. The monoisotopic (exact) mass is 307 g/mol. The predicted molar refractivity (Wildman–Crippen MR) is 78.0 cm³/mol. The van der Waals surface area contributed by atoms with Crippen molar-refractivity contribution in [2.45, 2.75) is 19.8 Å². The Bertz CT molecular complexity index is 389. The number of rotatable bonds is 6. The Balaban J connectivity index is 2.94. The lowest BCUT2D eigenvalue weighted by Gasteiger charge is -2.22.